The molecular formula is C22H30N4O2. The minimum atomic E-state index is -0.222. The first-order valence-corrected chi connectivity index (χ1v) is 10.1. The number of hydrogen-bond donors (Lipinski definition) is 2. The number of likely N-dealkylation sites (tertiary alicyclic amines) is 1. The molecule has 0 saturated carbocycles. The molecule has 1 fully saturated rings. The lowest BCUT2D eigenvalue weighted by atomic mass is 9.95. The number of benzene rings is 1. The first-order chi connectivity index (χ1) is 13.7. The van der Waals surface area contributed by atoms with Crippen molar-refractivity contribution in [1.29, 1.82) is 0 Å². The van der Waals surface area contributed by atoms with E-state index < -0.39 is 0 Å². The number of rotatable bonds is 8. The van der Waals surface area contributed by atoms with Gasteiger partial charge < -0.3 is 20.4 Å². The van der Waals surface area contributed by atoms with Crippen LogP contribution in [0.3, 0.4) is 0 Å². The number of nitrogens with one attached hydrogen (secondary N) is 1. The van der Waals surface area contributed by atoms with Gasteiger partial charge in [0.15, 0.2) is 5.96 Å². The molecule has 0 radical (unpaired) electrons. The first kappa shape index (κ1) is 20.0. The number of aliphatic imine (C=N–C) groups is 1. The highest BCUT2D eigenvalue weighted by molar-refractivity contribution is 5.80. The smallest absolute Gasteiger partial charge is 0.217 e. The van der Waals surface area contributed by atoms with Crippen LogP contribution in [0.5, 0.6) is 0 Å². The van der Waals surface area contributed by atoms with Gasteiger partial charge in [0.25, 0.3) is 0 Å². The van der Waals surface area contributed by atoms with Crippen molar-refractivity contribution in [3.63, 3.8) is 0 Å². The normalized spacial score (nSPS) is 17.5. The highest BCUT2D eigenvalue weighted by Gasteiger charge is 2.23. The van der Waals surface area contributed by atoms with Crippen LogP contribution in [0.1, 0.15) is 30.6 Å². The van der Waals surface area contributed by atoms with Gasteiger partial charge in [-0.15, -0.1) is 0 Å². The Bertz CT molecular complexity index is 743. The third kappa shape index (κ3) is 6.44. The molecule has 1 aliphatic heterocycles. The molecule has 28 heavy (non-hydrogen) atoms. The van der Waals surface area contributed by atoms with Crippen LogP contribution in [-0.4, -0.2) is 42.9 Å². The number of nitrogens with two attached hydrogens (primary N) is 1. The van der Waals surface area contributed by atoms with Gasteiger partial charge in [-0.2, -0.15) is 0 Å². The van der Waals surface area contributed by atoms with Gasteiger partial charge in [0, 0.05) is 39.0 Å². The quantitative estimate of drug-likeness (QED) is 0.543. The zero-order valence-electron chi connectivity index (χ0n) is 16.3. The van der Waals surface area contributed by atoms with Crippen molar-refractivity contribution < 1.29 is 9.21 Å². The number of amides is 1. The van der Waals surface area contributed by atoms with E-state index in [1.807, 2.05) is 18.2 Å². The Morgan fingerprint density at radius 2 is 2.07 bits per heavy atom. The second-order valence-electron chi connectivity index (χ2n) is 7.32. The fourth-order valence-electron chi connectivity index (χ4n) is 3.67. The second-order valence-corrected chi connectivity index (χ2v) is 7.32. The van der Waals surface area contributed by atoms with Crippen LogP contribution in [0.2, 0.25) is 0 Å². The van der Waals surface area contributed by atoms with Crippen molar-refractivity contribution in [2.75, 3.05) is 26.2 Å². The van der Waals surface area contributed by atoms with Gasteiger partial charge in [-0.05, 0) is 42.9 Å². The zero-order chi connectivity index (χ0) is 19.6. The van der Waals surface area contributed by atoms with Crippen LogP contribution in [0.25, 0.3) is 0 Å². The number of carbonyl (C=O) groups is 1. The van der Waals surface area contributed by atoms with Gasteiger partial charge in [-0.25, -0.2) is 0 Å². The SMILES string of the molecule is NC(=O)CC1CCCN(C(=NCCc2ccco2)NCCc2ccccc2)C1. The molecule has 3 N–H and O–H groups in total. The summed E-state index contributed by atoms with van der Waals surface area (Å²) < 4.78 is 5.41. The van der Waals surface area contributed by atoms with E-state index in [9.17, 15) is 4.79 Å². The molecule has 1 saturated heterocycles. The van der Waals surface area contributed by atoms with Gasteiger partial charge in [0.2, 0.25) is 5.91 Å². The molecule has 6 nitrogen and oxygen atoms in total. The summed E-state index contributed by atoms with van der Waals surface area (Å²) in [6.07, 6.45) is 5.95. The van der Waals surface area contributed by atoms with Crippen LogP contribution in [-0.2, 0) is 17.6 Å². The van der Waals surface area contributed by atoms with E-state index in [1.54, 1.807) is 6.26 Å². The second kappa shape index (κ2) is 10.5. The van der Waals surface area contributed by atoms with Crippen molar-refractivity contribution >= 4 is 11.9 Å². The van der Waals surface area contributed by atoms with Crippen LogP contribution in [0, 0.1) is 5.92 Å². The fraction of sp³-hybridized carbons (Fsp3) is 0.455. The Balaban J connectivity index is 1.60. The Kier molecular flexibility index (Phi) is 7.53. The molecular weight excluding hydrogens is 352 g/mol. The summed E-state index contributed by atoms with van der Waals surface area (Å²) in [5.74, 6) is 1.94. The Morgan fingerprint density at radius 3 is 2.82 bits per heavy atom. The van der Waals surface area contributed by atoms with Crippen molar-refractivity contribution in [1.82, 2.24) is 10.2 Å². The Hall–Kier alpha value is -2.76. The molecule has 1 amide bonds. The van der Waals surface area contributed by atoms with E-state index in [0.29, 0.717) is 18.9 Å². The topological polar surface area (TPSA) is 83.9 Å². The summed E-state index contributed by atoms with van der Waals surface area (Å²) >= 11 is 0. The fourth-order valence-corrected chi connectivity index (χ4v) is 3.67. The zero-order valence-corrected chi connectivity index (χ0v) is 16.3. The van der Waals surface area contributed by atoms with E-state index in [1.165, 1.54) is 5.56 Å². The average Bonchev–Trinajstić information content (AvgIpc) is 3.21. The van der Waals surface area contributed by atoms with E-state index in [-0.39, 0.29) is 5.91 Å². The van der Waals surface area contributed by atoms with Crippen molar-refractivity contribution in [2.45, 2.75) is 32.1 Å². The summed E-state index contributed by atoms with van der Waals surface area (Å²) in [6.45, 7) is 3.26. The molecule has 150 valence electrons. The van der Waals surface area contributed by atoms with Crippen LogP contribution in [0.4, 0.5) is 0 Å². The third-order valence-corrected chi connectivity index (χ3v) is 5.05. The average molecular weight is 383 g/mol. The van der Waals surface area contributed by atoms with Crippen molar-refractivity contribution in [2.24, 2.45) is 16.6 Å². The lowest BCUT2D eigenvalue weighted by molar-refractivity contribution is -0.119. The van der Waals surface area contributed by atoms with Crippen LogP contribution < -0.4 is 11.1 Å². The Morgan fingerprint density at radius 1 is 1.21 bits per heavy atom. The molecule has 2 heterocycles. The Labute approximate surface area is 166 Å². The maximum absolute atomic E-state index is 11.3. The lowest BCUT2D eigenvalue weighted by Crippen LogP contribution is -2.47. The number of furan rings is 1. The maximum Gasteiger partial charge on any atom is 0.217 e. The summed E-state index contributed by atoms with van der Waals surface area (Å²) in [7, 11) is 0. The summed E-state index contributed by atoms with van der Waals surface area (Å²) in [4.78, 5) is 18.4. The predicted octanol–water partition coefficient (Wildman–Crippen LogP) is 2.60. The molecule has 0 spiro atoms. The summed E-state index contributed by atoms with van der Waals surface area (Å²) in [5, 5.41) is 3.52. The van der Waals surface area contributed by atoms with Crippen molar-refractivity contribution in [3.05, 3.63) is 60.1 Å². The minimum absolute atomic E-state index is 0.222. The molecule has 3 rings (SSSR count). The van der Waals surface area contributed by atoms with Gasteiger partial charge in [-0.3, -0.25) is 9.79 Å². The highest BCUT2D eigenvalue weighted by Crippen LogP contribution is 2.19. The van der Waals surface area contributed by atoms with E-state index in [0.717, 1.165) is 57.0 Å². The van der Waals surface area contributed by atoms with E-state index in [4.69, 9.17) is 15.1 Å². The monoisotopic (exact) mass is 382 g/mol. The lowest BCUT2D eigenvalue weighted by Gasteiger charge is -2.34. The van der Waals surface area contributed by atoms with Gasteiger partial charge in [0.05, 0.1) is 6.26 Å². The van der Waals surface area contributed by atoms with E-state index >= 15 is 0 Å². The standard InChI is InChI=1S/C22H30N4O2/c23-21(27)16-19-8-4-14-26(17-19)22(25-13-11-20-9-5-15-28-20)24-12-10-18-6-2-1-3-7-18/h1-3,5-7,9,15,19H,4,8,10-14,16-17H2,(H2,23,27)(H,24,25). The molecule has 1 aliphatic rings. The number of primary amides is 1. The number of nitrogens with zero attached hydrogens (tertiary/aromatic N) is 2. The molecule has 1 aromatic heterocycles. The molecule has 6 heteroatoms. The van der Waals surface area contributed by atoms with Gasteiger partial charge >= 0.3 is 0 Å². The highest BCUT2D eigenvalue weighted by atomic mass is 16.3. The largest absolute Gasteiger partial charge is 0.469 e. The predicted molar refractivity (Wildman–Crippen MR) is 111 cm³/mol. The summed E-state index contributed by atoms with van der Waals surface area (Å²) in [5.41, 5.74) is 6.71. The molecule has 1 aromatic carbocycles. The molecule has 1 atom stereocenters. The number of hydrogen-bond acceptors (Lipinski definition) is 3. The van der Waals surface area contributed by atoms with Crippen molar-refractivity contribution in [3.8, 4) is 0 Å². The van der Waals surface area contributed by atoms with Crippen LogP contribution in [0.15, 0.2) is 58.1 Å². The summed E-state index contributed by atoms with van der Waals surface area (Å²) in [6, 6.07) is 14.3. The third-order valence-electron chi connectivity index (χ3n) is 5.05. The van der Waals surface area contributed by atoms with Gasteiger partial charge in [0.1, 0.15) is 5.76 Å². The molecule has 2 aromatic rings. The molecule has 0 bridgehead atoms. The number of piperidine rings is 1. The maximum atomic E-state index is 11.3. The molecule has 0 aliphatic carbocycles. The van der Waals surface area contributed by atoms with Crippen LogP contribution >= 0.6 is 0 Å². The molecule has 1 unspecified atom stereocenters. The van der Waals surface area contributed by atoms with E-state index in [2.05, 4.69) is 34.5 Å². The first-order valence-electron chi connectivity index (χ1n) is 10.1. The minimum Gasteiger partial charge on any atom is -0.469 e. The number of carbonyl (C=O) groups excluding carboxylic acids is 1. The van der Waals surface area contributed by atoms with Gasteiger partial charge in [-0.1, -0.05) is 30.3 Å². The number of guanidine groups is 1.